The lowest BCUT2D eigenvalue weighted by atomic mass is 10.0. The van der Waals surface area contributed by atoms with Gasteiger partial charge in [-0.25, -0.2) is 18.4 Å². The number of rotatable bonds is 15. The van der Waals surface area contributed by atoms with Crippen molar-refractivity contribution in [2.45, 2.75) is 83.0 Å². The number of hydrogen-bond acceptors (Lipinski definition) is 7. The van der Waals surface area contributed by atoms with Gasteiger partial charge in [0.15, 0.2) is 0 Å². The first-order chi connectivity index (χ1) is 19.1. The second-order valence-electron chi connectivity index (χ2n) is 11.1. The van der Waals surface area contributed by atoms with Crippen molar-refractivity contribution in [3.05, 3.63) is 64.7 Å². The van der Waals surface area contributed by atoms with Gasteiger partial charge in [-0.2, -0.15) is 0 Å². The van der Waals surface area contributed by atoms with Gasteiger partial charge in [-0.15, -0.1) is 0 Å². The molecular weight excluding hydrogens is 532 g/mol. The number of cyclic esters (lactones) is 1. The maximum absolute atomic E-state index is 12.4. The van der Waals surface area contributed by atoms with Crippen molar-refractivity contribution in [1.29, 1.82) is 0 Å². The average Bonchev–Trinajstić information content (AvgIpc) is 3.26. The number of ether oxygens (including phenoxy) is 4. The summed E-state index contributed by atoms with van der Waals surface area (Å²) in [6, 6.07) is 13.5. The summed E-state index contributed by atoms with van der Waals surface area (Å²) in [5, 5.41) is 5.13. The SMILES string of the molecule is CC1(C)OCc2cc(C3CN(CCCCCCOCCCCc4cccc(CS(N)(=O)=O)c4)C(=O)O3)ccc2O1. The minimum Gasteiger partial charge on any atom is -0.463 e. The molecule has 1 fully saturated rings. The lowest BCUT2D eigenvalue weighted by molar-refractivity contribution is -0.180. The lowest BCUT2D eigenvalue weighted by Gasteiger charge is -2.32. The summed E-state index contributed by atoms with van der Waals surface area (Å²) in [4.78, 5) is 14.2. The van der Waals surface area contributed by atoms with Crippen LogP contribution in [0.1, 0.15) is 80.7 Å². The second-order valence-corrected chi connectivity index (χ2v) is 12.7. The Morgan fingerprint density at radius 2 is 1.75 bits per heavy atom. The van der Waals surface area contributed by atoms with Gasteiger partial charge in [0.25, 0.3) is 0 Å². The van der Waals surface area contributed by atoms with E-state index in [4.69, 9.17) is 24.1 Å². The Bertz CT molecular complexity index is 1250. The Kier molecular flexibility index (Phi) is 10.5. The molecule has 0 bridgehead atoms. The fourth-order valence-electron chi connectivity index (χ4n) is 5.02. The minimum atomic E-state index is -3.51. The van der Waals surface area contributed by atoms with E-state index < -0.39 is 15.8 Å². The number of sulfonamides is 1. The molecule has 2 aliphatic heterocycles. The topological polar surface area (TPSA) is 117 Å². The normalized spacial score (nSPS) is 18.3. The maximum atomic E-state index is 12.4. The number of primary sulfonamides is 1. The largest absolute Gasteiger partial charge is 0.463 e. The molecule has 0 aliphatic carbocycles. The molecule has 2 aromatic carbocycles. The van der Waals surface area contributed by atoms with Gasteiger partial charge < -0.3 is 23.8 Å². The van der Waals surface area contributed by atoms with Crippen LogP contribution in [0.2, 0.25) is 0 Å². The van der Waals surface area contributed by atoms with E-state index in [2.05, 4.69) is 0 Å². The van der Waals surface area contributed by atoms with E-state index in [-0.39, 0.29) is 18.0 Å². The molecule has 10 heteroatoms. The van der Waals surface area contributed by atoms with Gasteiger partial charge in [0.1, 0.15) is 11.9 Å². The first-order valence-corrected chi connectivity index (χ1v) is 15.9. The predicted molar refractivity (Wildman–Crippen MR) is 152 cm³/mol. The van der Waals surface area contributed by atoms with Crippen LogP contribution in [0.4, 0.5) is 4.79 Å². The van der Waals surface area contributed by atoms with E-state index in [1.165, 1.54) is 0 Å². The van der Waals surface area contributed by atoms with Crippen LogP contribution in [0, 0.1) is 0 Å². The van der Waals surface area contributed by atoms with Crippen LogP contribution >= 0.6 is 0 Å². The van der Waals surface area contributed by atoms with Gasteiger partial charge in [-0.3, -0.25) is 0 Å². The van der Waals surface area contributed by atoms with Crippen molar-refractivity contribution >= 4 is 16.1 Å². The molecular formula is C30H42N2O7S. The van der Waals surface area contributed by atoms with Crippen LogP contribution < -0.4 is 9.88 Å². The molecule has 0 spiro atoms. The quantitative estimate of drug-likeness (QED) is 0.290. The van der Waals surface area contributed by atoms with Gasteiger partial charge >= 0.3 is 6.09 Å². The summed E-state index contributed by atoms with van der Waals surface area (Å²) >= 11 is 0. The van der Waals surface area contributed by atoms with Crippen molar-refractivity contribution in [2.75, 3.05) is 26.3 Å². The number of benzene rings is 2. The molecule has 1 unspecified atom stereocenters. The zero-order valence-electron chi connectivity index (χ0n) is 23.6. The van der Waals surface area contributed by atoms with Gasteiger partial charge in [0.05, 0.1) is 18.9 Å². The molecule has 9 nitrogen and oxygen atoms in total. The van der Waals surface area contributed by atoms with E-state index in [0.717, 1.165) is 86.2 Å². The number of carbonyl (C=O) groups is 1. The van der Waals surface area contributed by atoms with Gasteiger partial charge in [-0.1, -0.05) is 43.2 Å². The predicted octanol–water partition coefficient (Wildman–Crippen LogP) is 5.21. The van der Waals surface area contributed by atoms with Crippen LogP contribution in [0.25, 0.3) is 0 Å². The molecule has 0 aromatic heterocycles. The summed E-state index contributed by atoms with van der Waals surface area (Å²) in [6.45, 7) is 6.97. The van der Waals surface area contributed by atoms with Crippen molar-refractivity contribution in [3.8, 4) is 5.75 Å². The third-order valence-corrected chi connectivity index (χ3v) is 7.84. The number of aryl methyl sites for hydroxylation is 1. The summed E-state index contributed by atoms with van der Waals surface area (Å²) in [5.41, 5.74) is 3.78. The number of amides is 1. The van der Waals surface area contributed by atoms with Crippen LogP contribution in [-0.4, -0.2) is 51.5 Å². The highest BCUT2D eigenvalue weighted by atomic mass is 32.2. The lowest BCUT2D eigenvalue weighted by Crippen LogP contribution is -2.35. The maximum Gasteiger partial charge on any atom is 0.410 e. The molecule has 2 N–H and O–H groups in total. The number of nitrogens with zero attached hydrogens (tertiary/aromatic N) is 1. The van der Waals surface area contributed by atoms with E-state index in [9.17, 15) is 13.2 Å². The number of unbranched alkanes of at least 4 members (excludes halogenated alkanes) is 4. The Hall–Kier alpha value is -2.66. The van der Waals surface area contributed by atoms with E-state index in [1.54, 1.807) is 11.0 Å². The fraction of sp³-hybridized carbons (Fsp3) is 0.567. The number of fused-ring (bicyclic) bond motifs is 1. The van der Waals surface area contributed by atoms with E-state index in [1.807, 2.05) is 50.2 Å². The zero-order chi connectivity index (χ0) is 28.6. The number of hydrogen-bond donors (Lipinski definition) is 1. The average molecular weight is 575 g/mol. The number of nitrogens with two attached hydrogens (primary N) is 1. The molecule has 2 heterocycles. The first kappa shape index (κ1) is 30.3. The first-order valence-electron chi connectivity index (χ1n) is 14.2. The third kappa shape index (κ3) is 9.47. The fourth-order valence-corrected chi connectivity index (χ4v) is 5.67. The monoisotopic (exact) mass is 574 g/mol. The molecule has 1 saturated heterocycles. The highest BCUT2D eigenvalue weighted by Crippen LogP contribution is 2.35. The standard InChI is InChI=1S/C30H42N2O7S/c1-30(2)37-21-26-19-25(13-14-27(26)39-30)28-20-32(29(33)38-28)15-6-3-4-7-16-36-17-8-5-10-23-11-9-12-24(18-23)22-40(31,34)35/h9,11-14,18-19,28H,3-8,10,15-17,20-22H2,1-2H3,(H2,31,34,35). The second kappa shape index (κ2) is 13.8. The van der Waals surface area contributed by atoms with E-state index >= 15 is 0 Å². The molecule has 1 atom stereocenters. The van der Waals surface area contributed by atoms with Gasteiger partial charge in [0.2, 0.25) is 15.8 Å². The van der Waals surface area contributed by atoms with Gasteiger partial charge in [0, 0.05) is 39.2 Å². The smallest absolute Gasteiger partial charge is 0.410 e. The van der Waals surface area contributed by atoms with Crippen LogP contribution in [0.15, 0.2) is 42.5 Å². The Balaban J connectivity index is 1.03. The Morgan fingerprint density at radius 1 is 1.00 bits per heavy atom. The van der Waals surface area contributed by atoms with Gasteiger partial charge in [-0.05, 0) is 60.9 Å². The molecule has 0 radical (unpaired) electrons. The highest BCUT2D eigenvalue weighted by molar-refractivity contribution is 7.88. The molecule has 220 valence electrons. The van der Waals surface area contributed by atoms with Crippen LogP contribution in [-0.2, 0) is 43.0 Å². The summed E-state index contributed by atoms with van der Waals surface area (Å²) in [5.74, 6) is 0.0518. The van der Waals surface area contributed by atoms with Crippen LogP contribution in [0.3, 0.4) is 0 Å². The summed E-state index contributed by atoms with van der Waals surface area (Å²) in [7, 11) is -3.51. The zero-order valence-corrected chi connectivity index (χ0v) is 24.4. The Labute approximate surface area is 238 Å². The van der Waals surface area contributed by atoms with E-state index in [0.29, 0.717) is 19.7 Å². The number of carbonyl (C=O) groups excluding carboxylic acids is 1. The Morgan fingerprint density at radius 3 is 2.55 bits per heavy atom. The van der Waals surface area contributed by atoms with Crippen molar-refractivity contribution < 1.29 is 32.2 Å². The minimum absolute atomic E-state index is 0.132. The highest BCUT2D eigenvalue weighted by Gasteiger charge is 2.33. The summed E-state index contributed by atoms with van der Waals surface area (Å²) in [6.07, 6.45) is 6.33. The van der Waals surface area contributed by atoms with Crippen molar-refractivity contribution in [1.82, 2.24) is 4.90 Å². The van der Waals surface area contributed by atoms with Crippen molar-refractivity contribution in [3.63, 3.8) is 0 Å². The summed E-state index contributed by atoms with van der Waals surface area (Å²) < 4.78 is 45.6. The molecule has 4 rings (SSSR count). The third-order valence-electron chi connectivity index (χ3n) is 7.10. The molecule has 1 amide bonds. The van der Waals surface area contributed by atoms with Crippen molar-refractivity contribution in [2.24, 2.45) is 5.14 Å². The molecule has 2 aliphatic rings. The molecule has 40 heavy (non-hydrogen) atoms. The molecule has 0 saturated carbocycles. The van der Waals surface area contributed by atoms with Crippen LogP contribution in [0.5, 0.6) is 5.75 Å². The molecule has 2 aromatic rings.